The molecule has 146 valence electrons. The van der Waals surface area contributed by atoms with Crippen LogP contribution in [-0.2, 0) is 10.0 Å². The maximum Gasteiger partial charge on any atom is 0.243 e. The molecule has 1 unspecified atom stereocenters. The van der Waals surface area contributed by atoms with E-state index >= 15 is 0 Å². The largest absolute Gasteiger partial charge is 0.496 e. The van der Waals surface area contributed by atoms with Crippen LogP contribution in [0.1, 0.15) is 22.8 Å². The van der Waals surface area contributed by atoms with Gasteiger partial charge >= 0.3 is 0 Å². The minimum atomic E-state index is -3.66. The zero-order valence-electron chi connectivity index (χ0n) is 15.1. The van der Waals surface area contributed by atoms with Crippen LogP contribution in [0.4, 0.5) is 8.78 Å². The molecule has 0 radical (unpaired) electrons. The first kappa shape index (κ1) is 20.1. The van der Waals surface area contributed by atoms with E-state index in [1.807, 2.05) is 0 Å². The second kappa shape index (κ2) is 8.16. The summed E-state index contributed by atoms with van der Waals surface area (Å²) in [7, 11) is -2.12. The average Bonchev–Trinajstić information content (AvgIpc) is 2.90. The highest BCUT2D eigenvalue weighted by atomic mass is 32.2. The molecule has 3 rings (SSSR count). The molecule has 0 saturated carbocycles. The molecule has 1 heterocycles. The van der Waals surface area contributed by atoms with Gasteiger partial charge in [0.15, 0.2) is 0 Å². The molecule has 4 nitrogen and oxygen atoms in total. The molecule has 0 aromatic heterocycles. The summed E-state index contributed by atoms with van der Waals surface area (Å²) in [6.45, 7) is 2.37. The lowest BCUT2D eigenvalue weighted by Crippen LogP contribution is -2.33. The van der Waals surface area contributed by atoms with Crippen LogP contribution in [0.25, 0.3) is 0 Å². The zero-order valence-corrected chi connectivity index (χ0v) is 16.7. The molecule has 1 saturated heterocycles. The average molecular weight is 414 g/mol. The summed E-state index contributed by atoms with van der Waals surface area (Å²) in [5, 5.41) is -0.279. The lowest BCUT2D eigenvalue weighted by Gasteiger charge is -2.20. The van der Waals surface area contributed by atoms with Gasteiger partial charge in [0.2, 0.25) is 10.0 Å². The Labute approximate surface area is 162 Å². The molecule has 1 fully saturated rings. The number of rotatable bonds is 4. The highest BCUT2D eigenvalue weighted by molar-refractivity contribution is 7.99. The van der Waals surface area contributed by atoms with E-state index in [-0.39, 0.29) is 16.7 Å². The van der Waals surface area contributed by atoms with Gasteiger partial charge in [-0.15, -0.1) is 0 Å². The van der Waals surface area contributed by atoms with Gasteiger partial charge in [-0.3, -0.25) is 0 Å². The lowest BCUT2D eigenvalue weighted by molar-refractivity contribution is 0.410. The molecule has 1 aliphatic rings. The predicted molar refractivity (Wildman–Crippen MR) is 103 cm³/mol. The minimum absolute atomic E-state index is 0.209. The van der Waals surface area contributed by atoms with Crippen molar-refractivity contribution in [2.75, 3.05) is 26.0 Å². The van der Waals surface area contributed by atoms with Crippen molar-refractivity contribution in [2.24, 2.45) is 0 Å². The van der Waals surface area contributed by atoms with Crippen LogP contribution in [0, 0.1) is 18.6 Å². The summed E-state index contributed by atoms with van der Waals surface area (Å²) in [5.74, 6) is 0.182. The summed E-state index contributed by atoms with van der Waals surface area (Å²) >= 11 is 1.45. The molecular formula is C19H21F2NO3S2. The number of hydrogen-bond donors (Lipinski definition) is 0. The van der Waals surface area contributed by atoms with E-state index in [1.54, 1.807) is 19.1 Å². The molecule has 1 aliphatic heterocycles. The molecular weight excluding hydrogens is 392 g/mol. The number of aryl methyl sites for hydroxylation is 1. The van der Waals surface area contributed by atoms with Crippen LogP contribution in [-0.4, -0.2) is 38.7 Å². The third-order valence-electron chi connectivity index (χ3n) is 4.61. The SMILES string of the molecule is COc1ccc(S(=O)(=O)N2CCSC(c3cc(F)ccc3F)CC2)cc1C. The maximum atomic E-state index is 14.1. The van der Waals surface area contributed by atoms with Crippen molar-refractivity contribution >= 4 is 21.8 Å². The monoisotopic (exact) mass is 413 g/mol. The van der Waals surface area contributed by atoms with Gasteiger partial charge in [-0.2, -0.15) is 16.1 Å². The minimum Gasteiger partial charge on any atom is -0.496 e. The highest BCUT2D eigenvalue weighted by Gasteiger charge is 2.29. The van der Waals surface area contributed by atoms with Crippen LogP contribution in [0.2, 0.25) is 0 Å². The smallest absolute Gasteiger partial charge is 0.243 e. The lowest BCUT2D eigenvalue weighted by atomic mass is 10.1. The molecule has 0 aliphatic carbocycles. The van der Waals surface area contributed by atoms with Gasteiger partial charge < -0.3 is 4.74 Å². The molecule has 0 amide bonds. The summed E-state index contributed by atoms with van der Waals surface area (Å²) in [5.41, 5.74) is 1.03. The van der Waals surface area contributed by atoms with Crippen molar-refractivity contribution in [1.29, 1.82) is 0 Å². The van der Waals surface area contributed by atoms with Gasteiger partial charge in [0.25, 0.3) is 0 Å². The Balaban J connectivity index is 1.81. The van der Waals surface area contributed by atoms with Crippen LogP contribution in [0.5, 0.6) is 5.75 Å². The second-order valence-electron chi connectivity index (χ2n) is 6.35. The molecule has 27 heavy (non-hydrogen) atoms. The molecule has 8 heteroatoms. The fraction of sp³-hybridized carbons (Fsp3) is 0.368. The number of nitrogens with zero attached hydrogens (tertiary/aromatic N) is 1. The fourth-order valence-electron chi connectivity index (χ4n) is 3.16. The van der Waals surface area contributed by atoms with Crippen molar-refractivity contribution in [2.45, 2.75) is 23.5 Å². The van der Waals surface area contributed by atoms with E-state index in [0.717, 1.165) is 17.7 Å². The van der Waals surface area contributed by atoms with Crippen molar-refractivity contribution in [3.05, 3.63) is 59.2 Å². The van der Waals surface area contributed by atoms with Gasteiger partial charge in [-0.05, 0) is 55.3 Å². The second-order valence-corrected chi connectivity index (χ2v) is 9.60. The number of benzene rings is 2. The first-order valence-corrected chi connectivity index (χ1v) is 11.0. The van der Waals surface area contributed by atoms with Gasteiger partial charge in [-0.1, -0.05) is 0 Å². The fourth-order valence-corrected chi connectivity index (χ4v) is 6.06. The van der Waals surface area contributed by atoms with Crippen molar-refractivity contribution < 1.29 is 21.9 Å². The van der Waals surface area contributed by atoms with E-state index in [4.69, 9.17) is 4.74 Å². The molecule has 0 N–H and O–H groups in total. The molecule has 1 atom stereocenters. The number of hydrogen-bond acceptors (Lipinski definition) is 4. The molecule has 2 aromatic carbocycles. The zero-order chi connectivity index (χ0) is 19.6. The summed E-state index contributed by atoms with van der Waals surface area (Å²) in [4.78, 5) is 0.209. The van der Waals surface area contributed by atoms with Crippen molar-refractivity contribution in [3.8, 4) is 5.75 Å². The molecule has 2 aromatic rings. The topological polar surface area (TPSA) is 46.6 Å². The normalized spacial score (nSPS) is 18.9. The standard InChI is InChI=1S/C19H21F2NO3S2/c1-13-11-15(4-6-18(13)25-2)27(23,24)22-8-7-19(26-10-9-22)16-12-14(20)3-5-17(16)21/h3-6,11-12,19H,7-10H2,1-2H3. The summed E-state index contributed by atoms with van der Waals surface area (Å²) < 4.78 is 60.2. The van der Waals surface area contributed by atoms with Gasteiger partial charge in [0, 0.05) is 29.7 Å². The van der Waals surface area contributed by atoms with Gasteiger partial charge in [0.1, 0.15) is 17.4 Å². The number of thioether (sulfide) groups is 1. The van der Waals surface area contributed by atoms with E-state index in [2.05, 4.69) is 0 Å². The highest BCUT2D eigenvalue weighted by Crippen LogP contribution is 2.37. The van der Waals surface area contributed by atoms with Crippen molar-refractivity contribution in [1.82, 2.24) is 4.31 Å². The van der Waals surface area contributed by atoms with Crippen LogP contribution in [0.3, 0.4) is 0 Å². The quantitative estimate of drug-likeness (QED) is 0.756. The van der Waals surface area contributed by atoms with Crippen LogP contribution < -0.4 is 4.74 Å². The Morgan fingerprint density at radius 2 is 1.93 bits per heavy atom. The van der Waals surface area contributed by atoms with Crippen molar-refractivity contribution in [3.63, 3.8) is 0 Å². The number of ether oxygens (including phenoxy) is 1. The number of methoxy groups -OCH3 is 1. The van der Waals surface area contributed by atoms with E-state index < -0.39 is 21.7 Å². The molecule has 0 bridgehead atoms. The van der Waals surface area contributed by atoms with Crippen LogP contribution >= 0.6 is 11.8 Å². The predicted octanol–water partition coefficient (Wildman–Crippen LogP) is 4.15. The third-order valence-corrected chi connectivity index (χ3v) is 7.81. The van der Waals surface area contributed by atoms with Gasteiger partial charge in [0.05, 0.1) is 12.0 Å². The Morgan fingerprint density at radius 1 is 1.15 bits per heavy atom. The first-order valence-electron chi connectivity index (χ1n) is 8.54. The van der Waals surface area contributed by atoms with Crippen LogP contribution in [0.15, 0.2) is 41.3 Å². The number of sulfonamides is 1. The Kier molecular flexibility index (Phi) is 6.08. The maximum absolute atomic E-state index is 14.1. The van der Waals surface area contributed by atoms with E-state index in [9.17, 15) is 17.2 Å². The Hall–Kier alpha value is -1.64. The Morgan fingerprint density at radius 3 is 2.63 bits per heavy atom. The summed E-state index contributed by atoms with van der Waals surface area (Å²) in [6.07, 6.45) is 0.416. The molecule has 0 spiro atoms. The van der Waals surface area contributed by atoms with E-state index in [0.29, 0.717) is 30.0 Å². The first-order chi connectivity index (χ1) is 12.8. The Bertz CT molecular complexity index is 935. The summed E-state index contributed by atoms with van der Waals surface area (Å²) in [6, 6.07) is 8.16. The number of halogens is 2. The van der Waals surface area contributed by atoms with E-state index in [1.165, 1.54) is 35.3 Å². The van der Waals surface area contributed by atoms with Gasteiger partial charge in [-0.25, -0.2) is 17.2 Å². The third kappa shape index (κ3) is 4.28.